The third kappa shape index (κ3) is 5.16. The number of aromatic nitrogens is 3. The third-order valence-corrected chi connectivity index (χ3v) is 5.32. The number of amides is 1. The second kappa shape index (κ2) is 10.6. The predicted molar refractivity (Wildman–Crippen MR) is 115 cm³/mol. The van der Waals surface area contributed by atoms with Crippen LogP contribution in [0.2, 0.25) is 0 Å². The highest BCUT2D eigenvalue weighted by Crippen LogP contribution is 2.19. The van der Waals surface area contributed by atoms with Gasteiger partial charge in [0.05, 0.1) is 12.2 Å². The van der Waals surface area contributed by atoms with Crippen molar-refractivity contribution < 1.29 is 4.79 Å². The number of carbonyl (C=O) groups is 1. The summed E-state index contributed by atoms with van der Waals surface area (Å²) in [6.45, 7) is 5.29. The number of anilines is 1. The Morgan fingerprint density at radius 1 is 1.00 bits per heavy atom. The van der Waals surface area contributed by atoms with Gasteiger partial charge in [-0.05, 0) is 44.5 Å². The first-order valence-corrected chi connectivity index (χ1v) is 9.53. The van der Waals surface area contributed by atoms with Gasteiger partial charge in [0.15, 0.2) is 5.69 Å². The van der Waals surface area contributed by atoms with E-state index in [0.717, 1.165) is 52.0 Å². The fraction of sp³-hybridized carbons (Fsp3) is 0.526. The van der Waals surface area contributed by atoms with Crippen LogP contribution in [0.15, 0.2) is 36.5 Å². The molecule has 4 rings (SSSR count). The van der Waals surface area contributed by atoms with E-state index in [1.165, 1.54) is 5.69 Å². The van der Waals surface area contributed by atoms with Crippen LogP contribution in [0, 0.1) is 0 Å². The fourth-order valence-corrected chi connectivity index (χ4v) is 3.80. The summed E-state index contributed by atoms with van der Waals surface area (Å²) in [4.78, 5) is 17.1. The highest BCUT2D eigenvalue weighted by molar-refractivity contribution is 5.92. The van der Waals surface area contributed by atoms with Crippen LogP contribution < -0.4 is 10.2 Å². The maximum atomic E-state index is 12.9. The fourth-order valence-electron chi connectivity index (χ4n) is 3.80. The van der Waals surface area contributed by atoms with E-state index in [2.05, 4.69) is 44.8 Å². The lowest BCUT2D eigenvalue weighted by Gasteiger charge is -2.23. The zero-order valence-electron chi connectivity index (χ0n) is 15.9. The van der Waals surface area contributed by atoms with Gasteiger partial charge in [-0.15, -0.1) is 29.9 Å². The van der Waals surface area contributed by atoms with Crippen molar-refractivity contribution in [3.63, 3.8) is 0 Å². The van der Waals surface area contributed by atoms with Crippen LogP contribution in [-0.4, -0.2) is 65.1 Å². The lowest BCUT2D eigenvalue weighted by atomic mass is 10.1. The van der Waals surface area contributed by atoms with E-state index in [9.17, 15) is 4.79 Å². The SMILES string of the molecule is Cl.Cl.O=C(c1cn(C2CCNCC2)nn1)N1CCCN(c2ccccc2)CC1. The van der Waals surface area contributed by atoms with Crippen molar-refractivity contribution in [1.82, 2.24) is 25.2 Å². The summed E-state index contributed by atoms with van der Waals surface area (Å²) in [5.74, 6) is 0.0000890. The molecular weight excluding hydrogens is 399 g/mol. The minimum Gasteiger partial charge on any atom is -0.370 e. The van der Waals surface area contributed by atoms with Gasteiger partial charge in [0.1, 0.15) is 0 Å². The molecule has 28 heavy (non-hydrogen) atoms. The van der Waals surface area contributed by atoms with E-state index in [1.807, 2.05) is 21.8 Å². The Bertz CT molecular complexity index is 735. The third-order valence-electron chi connectivity index (χ3n) is 5.32. The molecule has 0 aliphatic carbocycles. The summed E-state index contributed by atoms with van der Waals surface area (Å²) < 4.78 is 1.88. The first-order chi connectivity index (χ1) is 12.8. The molecule has 0 saturated carbocycles. The van der Waals surface area contributed by atoms with E-state index in [4.69, 9.17) is 0 Å². The van der Waals surface area contributed by atoms with Crippen LogP contribution in [-0.2, 0) is 0 Å². The van der Waals surface area contributed by atoms with Gasteiger partial charge in [-0.25, -0.2) is 4.68 Å². The molecule has 0 atom stereocenters. The normalized spacial score (nSPS) is 18.0. The molecule has 0 unspecified atom stereocenters. The predicted octanol–water partition coefficient (Wildman–Crippen LogP) is 2.40. The van der Waals surface area contributed by atoms with E-state index >= 15 is 0 Å². The average Bonchev–Trinajstić information content (AvgIpc) is 3.07. The second-order valence-electron chi connectivity index (χ2n) is 7.03. The molecule has 2 aliphatic rings. The quantitative estimate of drug-likeness (QED) is 0.815. The zero-order valence-corrected chi connectivity index (χ0v) is 17.5. The van der Waals surface area contributed by atoms with Crippen LogP contribution in [0.4, 0.5) is 5.69 Å². The van der Waals surface area contributed by atoms with Crippen LogP contribution in [0.5, 0.6) is 0 Å². The van der Waals surface area contributed by atoms with Crippen LogP contribution in [0.3, 0.4) is 0 Å². The number of para-hydroxylation sites is 1. The van der Waals surface area contributed by atoms with Gasteiger partial charge in [-0.1, -0.05) is 23.4 Å². The molecule has 0 bridgehead atoms. The summed E-state index contributed by atoms with van der Waals surface area (Å²) in [6, 6.07) is 10.8. The van der Waals surface area contributed by atoms with Crippen molar-refractivity contribution in [2.24, 2.45) is 0 Å². The smallest absolute Gasteiger partial charge is 0.276 e. The molecule has 0 spiro atoms. The number of carbonyl (C=O) groups excluding carboxylic acids is 1. The maximum absolute atomic E-state index is 12.9. The van der Waals surface area contributed by atoms with Crippen LogP contribution >= 0.6 is 24.8 Å². The topological polar surface area (TPSA) is 66.3 Å². The molecular formula is C19H28Cl2N6O. The van der Waals surface area contributed by atoms with E-state index in [1.54, 1.807) is 0 Å². The molecule has 2 fully saturated rings. The highest BCUT2D eigenvalue weighted by atomic mass is 35.5. The molecule has 7 nitrogen and oxygen atoms in total. The lowest BCUT2D eigenvalue weighted by Crippen LogP contribution is -2.35. The van der Waals surface area contributed by atoms with Gasteiger partial charge in [0.2, 0.25) is 0 Å². The summed E-state index contributed by atoms with van der Waals surface area (Å²) in [7, 11) is 0. The van der Waals surface area contributed by atoms with E-state index < -0.39 is 0 Å². The number of hydrogen-bond acceptors (Lipinski definition) is 5. The van der Waals surface area contributed by atoms with Gasteiger partial charge in [0.25, 0.3) is 5.91 Å². The number of benzene rings is 1. The summed E-state index contributed by atoms with van der Waals surface area (Å²) >= 11 is 0. The number of nitrogens with zero attached hydrogens (tertiary/aromatic N) is 5. The van der Waals surface area contributed by atoms with Gasteiger partial charge < -0.3 is 15.1 Å². The first kappa shape index (κ1) is 22.5. The Labute approximate surface area is 178 Å². The summed E-state index contributed by atoms with van der Waals surface area (Å²) in [5, 5.41) is 11.7. The molecule has 154 valence electrons. The Morgan fingerprint density at radius 2 is 1.75 bits per heavy atom. The Hall–Kier alpha value is -1.83. The Morgan fingerprint density at radius 3 is 2.50 bits per heavy atom. The zero-order chi connectivity index (χ0) is 17.8. The molecule has 1 amide bonds. The molecule has 2 saturated heterocycles. The molecule has 9 heteroatoms. The molecule has 2 aromatic rings. The number of halogens is 2. The maximum Gasteiger partial charge on any atom is 0.276 e. The van der Waals surface area contributed by atoms with Gasteiger partial charge in [-0.3, -0.25) is 4.79 Å². The standard InChI is InChI=1S/C19H26N6O.2ClH/c26-19(18-15-25(22-21-18)17-7-9-20-10-8-17)24-12-4-11-23(13-14-24)16-5-2-1-3-6-16;;/h1-3,5-6,15,17,20H,4,7-14H2;2*1H. The van der Waals surface area contributed by atoms with Crippen molar-refractivity contribution in [3.05, 3.63) is 42.2 Å². The number of hydrogen-bond donors (Lipinski definition) is 1. The summed E-state index contributed by atoms with van der Waals surface area (Å²) in [6.07, 6.45) is 4.86. The van der Waals surface area contributed by atoms with Crippen LogP contribution in [0.1, 0.15) is 35.8 Å². The number of rotatable bonds is 3. The van der Waals surface area contributed by atoms with Gasteiger partial charge >= 0.3 is 0 Å². The highest BCUT2D eigenvalue weighted by Gasteiger charge is 2.24. The molecule has 1 aromatic carbocycles. The minimum atomic E-state index is 0. The molecule has 2 aliphatic heterocycles. The van der Waals surface area contributed by atoms with Gasteiger partial charge in [0, 0.05) is 31.9 Å². The monoisotopic (exact) mass is 426 g/mol. The van der Waals surface area contributed by atoms with Crippen molar-refractivity contribution >= 4 is 36.4 Å². The van der Waals surface area contributed by atoms with Crippen molar-refractivity contribution in [2.75, 3.05) is 44.2 Å². The molecule has 0 radical (unpaired) electrons. The number of piperidine rings is 1. The molecule has 1 N–H and O–H groups in total. The minimum absolute atomic E-state index is 0. The van der Waals surface area contributed by atoms with E-state index in [0.29, 0.717) is 18.3 Å². The van der Waals surface area contributed by atoms with E-state index in [-0.39, 0.29) is 30.7 Å². The lowest BCUT2D eigenvalue weighted by molar-refractivity contribution is 0.0761. The largest absolute Gasteiger partial charge is 0.370 e. The summed E-state index contributed by atoms with van der Waals surface area (Å²) in [5.41, 5.74) is 1.69. The van der Waals surface area contributed by atoms with Crippen LogP contribution in [0.25, 0.3) is 0 Å². The Balaban J connectivity index is 0.00000140. The Kier molecular flexibility index (Phi) is 8.54. The van der Waals surface area contributed by atoms with Crippen molar-refractivity contribution in [3.8, 4) is 0 Å². The van der Waals surface area contributed by atoms with Crippen molar-refractivity contribution in [2.45, 2.75) is 25.3 Å². The van der Waals surface area contributed by atoms with Gasteiger partial charge in [-0.2, -0.15) is 0 Å². The molecule has 1 aromatic heterocycles. The molecule has 3 heterocycles. The second-order valence-corrected chi connectivity index (χ2v) is 7.03. The average molecular weight is 427 g/mol. The number of nitrogens with one attached hydrogen (secondary N) is 1. The van der Waals surface area contributed by atoms with Crippen molar-refractivity contribution in [1.29, 1.82) is 0 Å². The first-order valence-electron chi connectivity index (χ1n) is 9.53.